The van der Waals surface area contributed by atoms with Gasteiger partial charge in [0, 0.05) is 31.8 Å². The number of carbonyl (C=O) groups is 1. The van der Waals surface area contributed by atoms with Gasteiger partial charge in [-0.3, -0.25) is 4.79 Å². The number of hydrogen-bond acceptors (Lipinski definition) is 4. The zero-order valence-electron chi connectivity index (χ0n) is 17.3. The predicted octanol–water partition coefficient (Wildman–Crippen LogP) is 3.08. The molecule has 0 unspecified atom stereocenters. The van der Waals surface area contributed by atoms with Gasteiger partial charge in [0.25, 0.3) is 10.0 Å². The second-order valence-electron chi connectivity index (χ2n) is 7.74. The van der Waals surface area contributed by atoms with Gasteiger partial charge in [0.2, 0.25) is 5.91 Å². The Morgan fingerprint density at radius 3 is 2.55 bits per heavy atom. The fourth-order valence-electron chi connectivity index (χ4n) is 4.08. The summed E-state index contributed by atoms with van der Waals surface area (Å²) in [6, 6.07) is 15.0. The van der Waals surface area contributed by atoms with E-state index in [1.807, 2.05) is 11.0 Å². The highest BCUT2D eigenvalue weighted by atomic mass is 32.2. The number of benzene rings is 2. The van der Waals surface area contributed by atoms with E-state index in [9.17, 15) is 17.6 Å². The first-order valence-corrected chi connectivity index (χ1v) is 11.7. The molecule has 2 aromatic rings. The largest absolute Gasteiger partial charge is 0.354 e. The van der Waals surface area contributed by atoms with Crippen LogP contribution in [-0.2, 0) is 21.2 Å². The molecule has 0 N–H and O–H groups in total. The van der Waals surface area contributed by atoms with Gasteiger partial charge in [-0.25, -0.2) is 4.39 Å². The molecule has 2 aliphatic rings. The molecule has 8 heteroatoms. The fraction of sp³-hybridized carbons (Fsp3) is 0.304. The SMILES string of the molecule is CC1=C(c2ccccc2)S(=O)(=O)N=C1N1CCCN(C(=O)Cc2cccc(F)c2)CC1. The lowest BCUT2D eigenvalue weighted by atomic mass is 10.1. The predicted molar refractivity (Wildman–Crippen MR) is 118 cm³/mol. The topological polar surface area (TPSA) is 70.1 Å². The van der Waals surface area contributed by atoms with Gasteiger partial charge in [-0.2, -0.15) is 8.42 Å². The average molecular weight is 442 g/mol. The van der Waals surface area contributed by atoms with Crippen LogP contribution < -0.4 is 0 Å². The van der Waals surface area contributed by atoms with Crippen LogP contribution in [0.25, 0.3) is 4.91 Å². The standard InChI is InChI=1S/C23H24FN3O3S/c1-17-22(19-8-3-2-4-9-19)31(29,30)25-23(17)27-12-6-11-26(13-14-27)21(28)16-18-7-5-10-20(24)15-18/h2-5,7-10,15H,6,11-14,16H2,1H3. The molecule has 2 heterocycles. The van der Waals surface area contributed by atoms with Crippen LogP contribution >= 0.6 is 0 Å². The Bertz CT molecular complexity index is 1160. The summed E-state index contributed by atoms with van der Waals surface area (Å²) < 4.78 is 43.0. The molecule has 0 bridgehead atoms. The fourth-order valence-corrected chi connectivity index (χ4v) is 5.57. The molecule has 1 saturated heterocycles. The van der Waals surface area contributed by atoms with Crippen molar-refractivity contribution in [2.24, 2.45) is 4.40 Å². The minimum Gasteiger partial charge on any atom is -0.354 e. The van der Waals surface area contributed by atoms with Gasteiger partial charge in [0.1, 0.15) is 16.6 Å². The molecule has 2 aliphatic heterocycles. The van der Waals surface area contributed by atoms with Crippen molar-refractivity contribution in [3.8, 4) is 0 Å². The zero-order chi connectivity index (χ0) is 22.0. The van der Waals surface area contributed by atoms with Gasteiger partial charge >= 0.3 is 0 Å². The minimum absolute atomic E-state index is 0.0642. The summed E-state index contributed by atoms with van der Waals surface area (Å²) in [6.07, 6.45) is 0.839. The first-order valence-electron chi connectivity index (χ1n) is 10.2. The Morgan fingerprint density at radius 2 is 1.81 bits per heavy atom. The van der Waals surface area contributed by atoms with Crippen LogP contribution in [-0.4, -0.2) is 56.1 Å². The second-order valence-corrected chi connectivity index (χ2v) is 9.28. The molecular formula is C23H24FN3O3S. The number of rotatable bonds is 3. The third-order valence-electron chi connectivity index (χ3n) is 5.57. The molecule has 0 atom stereocenters. The summed E-state index contributed by atoms with van der Waals surface area (Å²) in [7, 11) is -3.76. The van der Waals surface area contributed by atoms with Crippen LogP contribution in [0.4, 0.5) is 4.39 Å². The molecule has 6 nitrogen and oxygen atoms in total. The molecule has 162 valence electrons. The lowest BCUT2D eigenvalue weighted by molar-refractivity contribution is -0.130. The molecular weight excluding hydrogens is 417 g/mol. The normalized spacial score (nSPS) is 18.7. The molecule has 31 heavy (non-hydrogen) atoms. The van der Waals surface area contributed by atoms with Crippen molar-refractivity contribution in [3.05, 3.63) is 77.1 Å². The molecule has 2 aromatic carbocycles. The van der Waals surface area contributed by atoms with Gasteiger partial charge in [-0.1, -0.05) is 42.5 Å². The van der Waals surface area contributed by atoms with E-state index in [0.29, 0.717) is 55.1 Å². The van der Waals surface area contributed by atoms with Gasteiger partial charge in [0.05, 0.1) is 6.42 Å². The van der Waals surface area contributed by atoms with Crippen molar-refractivity contribution in [3.63, 3.8) is 0 Å². The lowest BCUT2D eigenvalue weighted by Crippen LogP contribution is -2.38. The molecule has 0 radical (unpaired) electrons. The first-order chi connectivity index (χ1) is 14.8. The van der Waals surface area contributed by atoms with Crippen LogP contribution in [0.1, 0.15) is 24.5 Å². The van der Waals surface area contributed by atoms with Gasteiger partial charge in [-0.15, -0.1) is 4.40 Å². The van der Waals surface area contributed by atoms with E-state index in [2.05, 4.69) is 4.40 Å². The molecule has 1 amide bonds. The lowest BCUT2D eigenvalue weighted by Gasteiger charge is -2.24. The highest BCUT2D eigenvalue weighted by molar-refractivity contribution is 8.00. The average Bonchev–Trinajstić information content (AvgIpc) is 2.89. The summed E-state index contributed by atoms with van der Waals surface area (Å²) >= 11 is 0. The Balaban J connectivity index is 1.49. The number of amidine groups is 1. The van der Waals surface area contributed by atoms with Crippen molar-refractivity contribution in [2.45, 2.75) is 19.8 Å². The van der Waals surface area contributed by atoms with Crippen molar-refractivity contribution >= 4 is 26.7 Å². The Morgan fingerprint density at radius 1 is 1.03 bits per heavy atom. The molecule has 0 aromatic heterocycles. The summed E-state index contributed by atoms with van der Waals surface area (Å²) in [5.74, 6) is 0.0354. The maximum absolute atomic E-state index is 13.4. The third kappa shape index (κ3) is 4.54. The summed E-state index contributed by atoms with van der Waals surface area (Å²) in [4.78, 5) is 16.7. The van der Waals surface area contributed by atoms with E-state index in [0.717, 1.165) is 0 Å². The van der Waals surface area contributed by atoms with E-state index in [1.54, 1.807) is 48.2 Å². The van der Waals surface area contributed by atoms with Crippen LogP contribution in [0.2, 0.25) is 0 Å². The number of sulfonamides is 1. The number of amides is 1. The highest BCUT2D eigenvalue weighted by Gasteiger charge is 2.34. The number of nitrogens with zero attached hydrogens (tertiary/aromatic N) is 3. The van der Waals surface area contributed by atoms with Gasteiger partial charge in [0.15, 0.2) is 0 Å². The quantitative estimate of drug-likeness (QED) is 0.734. The third-order valence-corrected chi connectivity index (χ3v) is 7.04. The van der Waals surface area contributed by atoms with Crippen LogP contribution in [0.3, 0.4) is 0 Å². The van der Waals surface area contributed by atoms with Gasteiger partial charge in [-0.05, 0) is 36.6 Å². The zero-order valence-corrected chi connectivity index (χ0v) is 18.1. The Labute approximate surface area is 181 Å². The highest BCUT2D eigenvalue weighted by Crippen LogP contribution is 2.33. The Kier molecular flexibility index (Phi) is 5.91. The molecule has 0 saturated carbocycles. The monoisotopic (exact) mass is 441 g/mol. The first kappa shape index (κ1) is 21.2. The van der Waals surface area contributed by atoms with Crippen LogP contribution in [0, 0.1) is 5.82 Å². The van der Waals surface area contributed by atoms with E-state index in [-0.39, 0.29) is 23.1 Å². The maximum atomic E-state index is 13.4. The summed E-state index contributed by atoms with van der Waals surface area (Å²) in [5, 5.41) is 0. The smallest absolute Gasteiger partial charge is 0.285 e. The molecule has 0 aliphatic carbocycles. The van der Waals surface area contributed by atoms with Crippen molar-refractivity contribution < 1.29 is 17.6 Å². The summed E-state index contributed by atoms with van der Waals surface area (Å²) in [5.41, 5.74) is 1.90. The van der Waals surface area contributed by atoms with Crippen molar-refractivity contribution in [1.29, 1.82) is 0 Å². The molecule has 0 spiro atoms. The Hall–Kier alpha value is -3.00. The van der Waals surface area contributed by atoms with Crippen LogP contribution in [0.5, 0.6) is 0 Å². The minimum atomic E-state index is -3.76. The molecule has 4 rings (SSSR count). The second kappa shape index (κ2) is 8.63. The number of halogens is 1. The van der Waals surface area contributed by atoms with Crippen LogP contribution in [0.15, 0.2) is 64.6 Å². The van der Waals surface area contributed by atoms with E-state index < -0.39 is 10.0 Å². The molecule has 1 fully saturated rings. The number of hydrogen-bond donors (Lipinski definition) is 0. The van der Waals surface area contributed by atoms with Crippen molar-refractivity contribution in [1.82, 2.24) is 9.80 Å². The van der Waals surface area contributed by atoms with Crippen molar-refractivity contribution in [2.75, 3.05) is 26.2 Å². The van der Waals surface area contributed by atoms with E-state index in [4.69, 9.17) is 0 Å². The van der Waals surface area contributed by atoms with E-state index >= 15 is 0 Å². The summed E-state index contributed by atoms with van der Waals surface area (Å²) in [6.45, 7) is 3.91. The maximum Gasteiger partial charge on any atom is 0.285 e. The van der Waals surface area contributed by atoms with Gasteiger partial charge < -0.3 is 9.80 Å². The van der Waals surface area contributed by atoms with E-state index in [1.165, 1.54) is 12.1 Å². The number of carbonyl (C=O) groups excluding carboxylic acids is 1.